The Hall–Kier alpha value is -0.770. The average molecular weight is 225 g/mol. The van der Waals surface area contributed by atoms with Crippen molar-refractivity contribution in [3.63, 3.8) is 0 Å². The Morgan fingerprint density at radius 2 is 1.93 bits per heavy atom. The van der Waals surface area contributed by atoms with Crippen LogP contribution in [0.15, 0.2) is 6.07 Å². The van der Waals surface area contributed by atoms with Crippen molar-refractivity contribution in [2.45, 2.75) is 33.2 Å². The minimum absolute atomic E-state index is 0.429. The minimum Gasteiger partial charge on any atom is -0.352 e. The molecule has 0 saturated carbocycles. The molecule has 15 heavy (non-hydrogen) atoms. The summed E-state index contributed by atoms with van der Waals surface area (Å²) in [7, 11) is 0. The van der Waals surface area contributed by atoms with E-state index in [1.807, 2.05) is 31.7 Å². The molecule has 4 heteroatoms. The number of nitrogens with one attached hydrogen (secondary N) is 1. The number of thioether (sulfide) groups is 1. The van der Waals surface area contributed by atoms with Crippen molar-refractivity contribution in [3.05, 3.63) is 17.5 Å². The van der Waals surface area contributed by atoms with Crippen LogP contribution in [-0.4, -0.2) is 28.0 Å². The minimum atomic E-state index is 0.429. The standard InChI is InChI=1S/C11H19N3S/c1-8(5-6-15-4)12-11-13-9(2)7-10(3)14-11/h7-8H,5-6H2,1-4H3,(H,12,13,14). The van der Waals surface area contributed by atoms with Crippen LogP contribution in [0.25, 0.3) is 0 Å². The molecule has 0 saturated heterocycles. The van der Waals surface area contributed by atoms with Crippen molar-refractivity contribution in [2.24, 2.45) is 0 Å². The average Bonchev–Trinajstić information content (AvgIpc) is 2.13. The molecule has 0 spiro atoms. The maximum atomic E-state index is 4.35. The second-order valence-electron chi connectivity index (χ2n) is 3.80. The monoisotopic (exact) mass is 225 g/mol. The summed E-state index contributed by atoms with van der Waals surface area (Å²) >= 11 is 1.87. The molecule has 0 aliphatic rings. The molecule has 3 nitrogen and oxygen atoms in total. The van der Waals surface area contributed by atoms with Gasteiger partial charge in [-0.25, -0.2) is 9.97 Å². The zero-order valence-electron chi connectivity index (χ0n) is 9.87. The van der Waals surface area contributed by atoms with Crippen molar-refractivity contribution in [2.75, 3.05) is 17.3 Å². The summed E-state index contributed by atoms with van der Waals surface area (Å²) < 4.78 is 0. The van der Waals surface area contributed by atoms with Gasteiger partial charge in [0.1, 0.15) is 0 Å². The van der Waals surface area contributed by atoms with E-state index in [0.29, 0.717) is 6.04 Å². The van der Waals surface area contributed by atoms with Crippen LogP contribution in [0.5, 0.6) is 0 Å². The zero-order valence-corrected chi connectivity index (χ0v) is 10.7. The number of aryl methyl sites for hydroxylation is 2. The SMILES string of the molecule is CSCCC(C)Nc1nc(C)cc(C)n1. The number of hydrogen-bond donors (Lipinski definition) is 1. The largest absolute Gasteiger partial charge is 0.352 e. The van der Waals surface area contributed by atoms with Crippen LogP contribution in [0.3, 0.4) is 0 Å². The molecule has 1 N–H and O–H groups in total. The molecule has 0 fully saturated rings. The van der Waals surface area contributed by atoms with Gasteiger partial charge >= 0.3 is 0 Å². The number of nitrogens with zero attached hydrogens (tertiary/aromatic N) is 2. The molecule has 1 atom stereocenters. The molecule has 0 bridgehead atoms. The summed E-state index contributed by atoms with van der Waals surface area (Å²) in [5, 5.41) is 3.32. The van der Waals surface area contributed by atoms with Gasteiger partial charge < -0.3 is 5.32 Å². The third kappa shape index (κ3) is 4.51. The number of hydrogen-bond acceptors (Lipinski definition) is 4. The van der Waals surface area contributed by atoms with Crippen molar-refractivity contribution in [1.29, 1.82) is 0 Å². The highest BCUT2D eigenvalue weighted by molar-refractivity contribution is 7.98. The fourth-order valence-electron chi connectivity index (χ4n) is 1.38. The molecular weight excluding hydrogens is 206 g/mol. The number of aromatic nitrogens is 2. The lowest BCUT2D eigenvalue weighted by atomic mass is 10.3. The van der Waals surface area contributed by atoms with Gasteiger partial charge in [-0.3, -0.25) is 0 Å². The van der Waals surface area contributed by atoms with Gasteiger partial charge in [0, 0.05) is 17.4 Å². The molecule has 0 amide bonds. The smallest absolute Gasteiger partial charge is 0.223 e. The number of anilines is 1. The van der Waals surface area contributed by atoms with Gasteiger partial charge in [-0.05, 0) is 45.3 Å². The summed E-state index contributed by atoms with van der Waals surface area (Å²) in [4.78, 5) is 8.71. The quantitative estimate of drug-likeness (QED) is 0.836. The predicted molar refractivity (Wildman–Crippen MR) is 67.6 cm³/mol. The highest BCUT2D eigenvalue weighted by Crippen LogP contribution is 2.08. The van der Waals surface area contributed by atoms with Crippen molar-refractivity contribution >= 4 is 17.7 Å². The lowest BCUT2D eigenvalue weighted by molar-refractivity contribution is 0.757. The molecule has 1 aromatic rings. The lowest BCUT2D eigenvalue weighted by Crippen LogP contribution is -2.18. The summed E-state index contributed by atoms with van der Waals surface area (Å²) in [6.07, 6.45) is 3.26. The Bertz CT molecular complexity index is 294. The Balaban J connectivity index is 2.56. The third-order valence-corrected chi connectivity index (χ3v) is 2.76. The lowest BCUT2D eigenvalue weighted by Gasteiger charge is -2.13. The molecule has 0 aliphatic carbocycles. The molecule has 1 aromatic heterocycles. The van der Waals surface area contributed by atoms with E-state index in [1.54, 1.807) is 0 Å². The van der Waals surface area contributed by atoms with Crippen LogP contribution in [0.4, 0.5) is 5.95 Å². The van der Waals surface area contributed by atoms with Gasteiger partial charge in [0.25, 0.3) is 0 Å². The topological polar surface area (TPSA) is 37.8 Å². The zero-order chi connectivity index (χ0) is 11.3. The van der Waals surface area contributed by atoms with Crippen molar-refractivity contribution in [1.82, 2.24) is 9.97 Å². The third-order valence-electron chi connectivity index (χ3n) is 2.11. The van der Waals surface area contributed by atoms with Crippen LogP contribution in [0.1, 0.15) is 24.7 Å². The van der Waals surface area contributed by atoms with Gasteiger partial charge in [-0.15, -0.1) is 0 Å². The van der Waals surface area contributed by atoms with Gasteiger partial charge in [-0.1, -0.05) is 0 Å². The molecule has 0 radical (unpaired) electrons. The highest BCUT2D eigenvalue weighted by atomic mass is 32.2. The van der Waals surface area contributed by atoms with E-state index in [0.717, 1.165) is 23.8 Å². The second-order valence-corrected chi connectivity index (χ2v) is 4.79. The van der Waals surface area contributed by atoms with E-state index in [9.17, 15) is 0 Å². The Morgan fingerprint density at radius 3 is 2.47 bits per heavy atom. The summed E-state index contributed by atoms with van der Waals surface area (Å²) in [5.74, 6) is 1.92. The first-order valence-electron chi connectivity index (χ1n) is 5.19. The molecule has 1 heterocycles. The van der Waals surface area contributed by atoms with Crippen LogP contribution in [0.2, 0.25) is 0 Å². The van der Waals surface area contributed by atoms with Crippen LogP contribution in [-0.2, 0) is 0 Å². The maximum Gasteiger partial charge on any atom is 0.223 e. The van der Waals surface area contributed by atoms with Crippen molar-refractivity contribution in [3.8, 4) is 0 Å². The highest BCUT2D eigenvalue weighted by Gasteiger charge is 2.04. The second kappa shape index (κ2) is 5.95. The van der Waals surface area contributed by atoms with Crippen molar-refractivity contribution < 1.29 is 0 Å². The predicted octanol–water partition coefficient (Wildman–Crippen LogP) is 2.65. The first-order chi connectivity index (χ1) is 7.11. The van der Waals surface area contributed by atoms with E-state index < -0.39 is 0 Å². The summed E-state index contributed by atoms with van der Waals surface area (Å²) in [6.45, 7) is 6.15. The molecule has 1 unspecified atom stereocenters. The first kappa shape index (κ1) is 12.3. The fourth-order valence-corrected chi connectivity index (χ4v) is 1.97. The van der Waals surface area contributed by atoms with Gasteiger partial charge in [0.2, 0.25) is 5.95 Å². The molecule has 0 aromatic carbocycles. The van der Waals surface area contributed by atoms with Crippen LogP contribution in [0, 0.1) is 13.8 Å². The summed E-state index contributed by atoms with van der Waals surface area (Å²) in [6, 6.07) is 2.41. The Kier molecular flexibility index (Phi) is 4.88. The molecule has 84 valence electrons. The molecule has 1 rings (SSSR count). The van der Waals surface area contributed by atoms with E-state index in [1.165, 1.54) is 5.75 Å². The van der Waals surface area contributed by atoms with E-state index in [-0.39, 0.29) is 0 Å². The van der Waals surface area contributed by atoms with Gasteiger partial charge in [0.15, 0.2) is 0 Å². The molecular formula is C11H19N3S. The summed E-state index contributed by atoms with van der Waals surface area (Å²) in [5.41, 5.74) is 2.03. The number of rotatable bonds is 5. The van der Waals surface area contributed by atoms with Gasteiger partial charge in [0.05, 0.1) is 0 Å². The van der Waals surface area contributed by atoms with E-state index in [4.69, 9.17) is 0 Å². The molecule has 0 aliphatic heterocycles. The van der Waals surface area contributed by atoms with E-state index in [2.05, 4.69) is 28.5 Å². The van der Waals surface area contributed by atoms with Crippen LogP contribution >= 0.6 is 11.8 Å². The normalized spacial score (nSPS) is 12.5. The Morgan fingerprint density at radius 1 is 1.33 bits per heavy atom. The Labute approximate surface area is 96.1 Å². The first-order valence-corrected chi connectivity index (χ1v) is 6.59. The van der Waals surface area contributed by atoms with Crippen LogP contribution < -0.4 is 5.32 Å². The maximum absolute atomic E-state index is 4.35. The van der Waals surface area contributed by atoms with Gasteiger partial charge in [-0.2, -0.15) is 11.8 Å². The van der Waals surface area contributed by atoms with E-state index >= 15 is 0 Å². The fraction of sp³-hybridized carbons (Fsp3) is 0.636.